The van der Waals surface area contributed by atoms with Crippen LogP contribution in [-0.4, -0.2) is 26.4 Å². The Kier molecular flexibility index (Phi) is 5.15. The van der Waals surface area contributed by atoms with Crippen molar-refractivity contribution in [2.45, 2.75) is 19.4 Å². The molecule has 0 unspecified atom stereocenters. The van der Waals surface area contributed by atoms with Crippen molar-refractivity contribution in [3.8, 4) is 5.75 Å². The van der Waals surface area contributed by atoms with Gasteiger partial charge in [-0.25, -0.2) is 0 Å². The van der Waals surface area contributed by atoms with Gasteiger partial charge in [-0.2, -0.15) is 0 Å². The standard InChI is InChI=1S/C12H19NO2/c1-10(13)9-15-12-5-3-11(4-6-12)7-8-14-2/h3-6,10H,7-9,13H2,1-2H3/t10-/m0/s1. The lowest BCUT2D eigenvalue weighted by molar-refractivity contribution is 0.202. The number of hydrogen-bond acceptors (Lipinski definition) is 3. The average molecular weight is 209 g/mol. The summed E-state index contributed by atoms with van der Waals surface area (Å²) >= 11 is 0. The van der Waals surface area contributed by atoms with Gasteiger partial charge >= 0.3 is 0 Å². The molecule has 0 aliphatic carbocycles. The first-order valence-corrected chi connectivity index (χ1v) is 5.18. The van der Waals surface area contributed by atoms with E-state index in [0.29, 0.717) is 6.61 Å². The maximum absolute atomic E-state index is 5.59. The topological polar surface area (TPSA) is 44.5 Å². The fourth-order valence-electron chi connectivity index (χ4n) is 1.20. The van der Waals surface area contributed by atoms with Crippen LogP contribution in [0.5, 0.6) is 5.75 Å². The molecule has 0 bridgehead atoms. The van der Waals surface area contributed by atoms with Crippen LogP contribution in [0.4, 0.5) is 0 Å². The molecule has 0 saturated heterocycles. The van der Waals surface area contributed by atoms with Crippen molar-refractivity contribution in [1.82, 2.24) is 0 Å². The van der Waals surface area contributed by atoms with Crippen LogP contribution in [0.25, 0.3) is 0 Å². The van der Waals surface area contributed by atoms with Crippen molar-refractivity contribution in [1.29, 1.82) is 0 Å². The fourth-order valence-corrected chi connectivity index (χ4v) is 1.20. The van der Waals surface area contributed by atoms with Crippen molar-refractivity contribution in [2.75, 3.05) is 20.3 Å². The van der Waals surface area contributed by atoms with E-state index in [4.69, 9.17) is 15.2 Å². The summed E-state index contributed by atoms with van der Waals surface area (Å²) in [5.74, 6) is 0.869. The Hall–Kier alpha value is -1.06. The van der Waals surface area contributed by atoms with E-state index >= 15 is 0 Å². The first kappa shape index (κ1) is 12.0. The molecule has 3 nitrogen and oxygen atoms in total. The second kappa shape index (κ2) is 6.43. The summed E-state index contributed by atoms with van der Waals surface area (Å²) in [7, 11) is 1.71. The number of hydrogen-bond donors (Lipinski definition) is 1. The average Bonchev–Trinajstić information content (AvgIpc) is 2.25. The lowest BCUT2D eigenvalue weighted by Gasteiger charge is -2.09. The zero-order chi connectivity index (χ0) is 11.1. The Balaban J connectivity index is 2.41. The molecule has 1 aromatic carbocycles. The lowest BCUT2D eigenvalue weighted by Crippen LogP contribution is -2.23. The molecular formula is C12H19NO2. The van der Waals surface area contributed by atoms with Gasteiger partial charge in [0.25, 0.3) is 0 Å². The van der Waals surface area contributed by atoms with Crippen LogP contribution in [-0.2, 0) is 11.2 Å². The van der Waals surface area contributed by atoms with Crippen molar-refractivity contribution in [3.05, 3.63) is 29.8 Å². The summed E-state index contributed by atoms with van der Waals surface area (Å²) in [6.45, 7) is 3.23. The third-order valence-electron chi connectivity index (χ3n) is 2.03. The van der Waals surface area contributed by atoms with E-state index in [-0.39, 0.29) is 6.04 Å². The molecule has 0 aromatic heterocycles. The van der Waals surface area contributed by atoms with Crippen LogP contribution in [0.3, 0.4) is 0 Å². The van der Waals surface area contributed by atoms with Gasteiger partial charge in [0, 0.05) is 13.2 Å². The monoisotopic (exact) mass is 209 g/mol. The Morgan fingerprint density at radius 2 is 1.93 bits per heavy atom. The van der Waals surface area contributed by atoms with E-state index < -0.39 is 0 Å². The lowest BCUT2D eigenvalue weighted by atomic mass is 10.1. The molecule has 84 valence electrons. The van der Waals surface area contributed by atoms with Crippen molar-refractivity contribution in [3.63, 3.8) is 0 Å². The molecule has 0 aliphatic rings. The van der Waals surface area contributed by atoms with Gasteiger partial charge in [0.1, 0.15) is 12.4 Å². The van der Waals surface area contributed by atoms with E-state index in [1.807, 2.05) is 19.1 Å². The molecule has 3 heteroatoms. The number of methoxy groups -OCH3 is 1. The third-order valence-corrected chi connectivity index (χ3v) is 2.03. The molecule has 1 rings (SSSR count). The largest absolute Gasteiger partial charge is 0.492 e. The van der Waals surface area contributed by atoms with Crippen LogP contribution >= 0.6 is 0 Å². The van der Waals surface area contributed by atoms with Gasteiger partial charge in [0.2, 0.25) is 0 Å². The maximum atomic E-state index is 5.59. The highest BCUT2D eigenvalue weighted by molar-refractivity contribution is 5.27. The minimum atomic E-state index is 0.0677. The predicted molar refractivity (Wildman–Crippen MR) is 61.2 cm³/mol. The van der Waals surface area contributed by atoms with E-state index in [2.05, 4.69) is 12.1 Å². The Labute approximate surface area is 91.2 Å². The van der Waals surface area contributed by atoms with Crippen LogP contribution in [0.15, 0.2) is 24.3 Å². The van der Waals surface area contributed by atoms with Crippen molar-refractivity contribution in [2.24, 2.45) is 5.73 Å². The molecule has 0 fully saturated rings. The minimum absolute atomic E-state index is 0.0677. The van der Waals surface area contributed by atoms with Crippen LogP contribution in [0.2, 0.25) is 0 Å². The van der Waals surface area contributed by atoms with Gasteiger partial charge in [0.05, 0.1) is 6.61 Å². The fraction of sp³-hybridized carbons (Fsp3) is 0.500. The van der Waals surface area contributed by atoms with E-state index in [0.717, 1.165) is 18.8 Å². The SMILES string of the molecule is COCCc1ccc(OC[C@H](C)N)cc1. The second-order valence-electron chi connectivity index (χ2n) is 3.68. The summed E-state index contributed by atoms with van der Waals surface area (Å²) < 4.78 is 10.5. The van der Waals surface area contributed by atoms with Gasteiger partial charge < -0.3 is 15.2 Å². The molecule has 0 amide bonds. The minimum Gasteiger partial charge on any atom is -0.492 e. The Morgan fingerprint density at radius 3 is 2.47 bits per heavy atom. The van der Waals surface area contributed by atoms with Gasteiger partial charge in [-0.05, 0) is 31.0 Å². The summed E-state index contributed by atoms with van der Waals surface area (Å²) in [5, 5.41) is 0. The first-order chi connectivity index (χ1) is 7.22. The normalized spacial score (nSPS) is 12.5. The molecule has 1 aromatic rings. The summed E-state index contributed by atoms with van der Waals surface area (Å²) in [6, 6.07) is 8.10. The molecule has 0 saturated carbocycles. The predicted octanol–water partition coefficient (Wildman–Crippen LogP) is 1.60. The Morgan fingerprint density at radius 1 is 1.27 bits per heavy atom. The van der Waals surface area contributed by atoms with E-state index in [1.54, 1.807) is 7.11 Å². The smallest absolute Gasteiger partial charge is 0.119 e. The first-order valence-electron chi connectivity index (χ1n) is 5.18. The molecule has 0 spiro atoms. The summed E-state index contributed by atoms with van der Waals surface area (Å²) in [6.07, 6.45) is 0.935. The van der Waals surface area contributed by atoms with Gasteiger partial charge in [-0.15, -0.1) is 0 Å². The van der Waals surface area contributed by atoms with Gasteiger partial charge in [0.15, 0.2) is 0 Å². The van der Waals surface area contributed by atoms with E-state index in [1.165, 1.54) is 5.56 Å². The molecule has 2 N–H and O–H groups in total. The Bertz CT molecular complexity index is 269. The van der Waals surface area contributed by atoms with Gasteiger partial charge in [-0.3, -0.25) is 0 Å². The molecular weight excluding hydrogens is 190 g/mol. The summed E-state index contributed by atoms with van der Waals surface area (Å²) in [4.78, 5) is 0. The van der Waals surface area contributed by atoms with Crippen molar-refractivity contribution < 1.29 is 9.47 Å². The quantitative estimate of drug-likeness (QED) is 0.774. The number of ether oxygens (including phenoxy) is 2. The highest BCUT2D eigenvalue weighted by atomic mass is 16.5. The van der Waals surface area contributed by atoms with Gasteiger partial charge in [-0.1, -0.05) is 12.1 Å². The molecule has 0 heterocycles. The van der Waals surface area contributed by atoms with Crippen molar-refractivity contribution >= 4 is 0 Å². The second-order valence-corrected chi connectivity index (χ2v) is 3.68. The van der Waals surface area contributed by atoms with Crippen LogP contribution < -0.4 is 10.5 Å². The summed E-state index contributed by atoms with van der Waals surface area (Å²) in [5.41, 5.74) is 6.85. The van der Waals surface area contributed by atoms with E-state index in [9.17, 15) is 0 Å². The van der Waals surface area contributed by atoms with Crippen LogP contribution in [0, 0.1) is 0 Å². The zero-order valence-electron chi connectivity index (χ0n) is 9.40. The number of benzene rings is 1. The molecule has 15 heavy (non-hydrogen) atoms. The number of nitrogens with two attached hydrogens (primary N) is 1. The molecule has 1 atom stereocenters. The zero-order valence-corrected chi connectivity index (χ0v) is 9.40. The molecule has 0 radical (unpaired) electrons. The maximum Gasteiger partial charge on any atom is 0.119 e. The van der Waals surface area contributed by atoms with Crippen LogP contribution in [0.1, 0.15) is 12.5 Å². The number of rotatable bonds is 6. The highest BCUT2D eigenvalue weighted by Crippen LogP contribution is 2.12. The third kappa shape index (κ3) is 4.81. The highest BCUT2D eigenvalue weighted by Gasteiger charge is 1.97. The molecule has 0 aliphatic heterocycles.